The number of carbonyl (C=O) groups excluding carboxylic acids is 1. The standard InChI is InChI=1S/C18H21ClN2O4S/c1-5-7-13-14(6-2)18(23,20-17(13)22)12-8-9-15(19)16(10-12)26(24,25)21-11(3)4/h5-11,21,23H,1H2,2-4H3,(H,20,22)/b13-7+,14-6+. The molecule has 1 atom stereocenters. The van der Waals surface area contributed by atoms with Gasteiger partial charge in [0, 0.05) is 22.8 Å². The van der Waals surface area contributed by atoms with Gasteiger partial charge in [0.25, 0.3) is 5.91 Å². The van der Waals surface area contributed by atoms with Crippen LogP contribution < -0.4 is 10.0 Å². The van der Waals surface area contributed by atoms with E-state index < -0.39 is 21.7 Å². The summed E-state index contributed by atoms with van der Waals surface area (Å²) in [7, 11) is -3.89. The summed E-state index contributed by atoms with van der Waals surface area (Å²) in [6.45, 7) is 8.60. The second kappa shape index (κ2) is 7.36. The van der Waals surface area contributed by atoms with Crippen LogP contribution in [0.4, 0.5) is 0 Å². The fourth-order valence-electron chi connectivity index (χ4n) is 2.80. The molecule has 0 radical (unpaired) electrons. The summed E-state index contributed by atoms with van der Waals surface area (Å²) in [4.78, 5) is 12.1. The number of carbonyl (C=O) groups is 1. The van der Waals surface area contributed by atoms with Crippen LogP contribution in [0.3, 0.4) is 0 Å². The zero-order valence-corrected chi connectivity index (χ0v) is 16.3. The number of rotatable bonds is 5. The Hall–Kier alpha value is -1.93. The minimum Gasteiger partial charge on any atom is -0.363 e. The summed E-state index contributed by atoms with van der Waals surface area (Å²) in [5.74, 6) is -0.486. The summed E-state index contributed by atoms with van der Waals surface area (Å²) in [6, 6.07) is 3.77. The van der Waals surface area contributed by atoms with Crippen molar-refractivity contribution in [2.75, 3.05) is 0 Å². The number of nitrogens with one attached hydrogen (secondary N) is 2. The first kappa shape index (κ1) is 20.4. The summed E-state index contributed by atoms with van der Waals surface area (Å²) < 4.78 is 27.5. The lowest BCUT2D eigenvalue weighted by molar-refractivity contribution is -0.120. The monoisotopic (exact) mass is 396 g/mol. The van der Waals surface area contributed by atoms with E-state index in [1.165, 1.54) is 30.4 Å². The molecule has 8 heteroatoms. The largest absolute Gasteiger partial charge is 0.363 e. The Morgan fingerprint density at radius 3 is 2.58 bits per heavy atom. The fourth-order valence-corrected chi connectivity index (χ4v) is 4.58. The lowest BCUT2D eigenvalue weighted by Gasteiger charge is -2.25. The summed E-state index contributed by atoms with van der Waals surface area (Å²) >= 11 is 6.07. The van der Waals surface area contributed by atoms with Crippen molar-refractivity contribution in [1.29, 1.82) is 0 Å². The number of hydrogen-bond donors (Lipinski definition) is 3. The molecule has 0 bridgehead atoms. The lowest BCUT2D eigenvalue weighted by Crippen LogP contribution is -2.40. The quantitative estimate of drug-likeness (QED) is 0.666. The Balaban J connectivity index is 2.63. The third-order valence-corrected chi connectivity index (χ3v) is 5.96. The van der Waals surface area contributed by atoms with E-state index in [4.69, 9.17) is 11.6 Å². The molecule has 1 aliphatic heterocycles. The molecule has 1 heterocycles. The summed E-state index contributed by atoms with van der Waals surface area (Å²) in [6.07, 6.45) is 4.51. The van der Waals surface area contributed by atoms with Crippen molar-refractivity contribution < 1.29 is 18.3 Å². The first-order chi connectivity index (χ1) is 12.1. The van der Waals surface area contributed by atoms with Crippen LogP contribution in [0.5, 0.6) is 0 Å². The average Bonchev–Trinajstić information content (AvgIpc) is 2.77. The molecule has 6 nitrogen and oxygen atoms in total. The highest BCUT2D eigenvalue weighted by Gasteiger charge is 2.45. The van der Waals surface area contributed by atoms with Crippen LogP contribution in [0, 0.1) is 0 Å². The van der Waals surface area contributed by atoms with E-state index in [0.29, 0.717) is 5.57 Å². The molecule has 3 N–H and O–H groups in total. The number of aliphatic hydroxyl groups is 1. The van der Waals surface area contributed by atoms with Gasteiger partial charge in [0.05, 0.1) is 5.02 Å². The van der Waals surface area contributed by atoms with E-state index in [9.17, 15) is 18.3 Å². The SMILES string of the molecule is C=C/C=C1/C(=O)NC(O)(c2ccc(Cl)c(S(=O)(=O)NC(C)C)c2)/C1=C/C. The van der Waals surface area contributed by atoms with Crippen molar-refractivity contribution in [3.63, 3.8) is 0 Å². The highest BCUT2D eigenvalue weighted by atomic mass is 35.5. The molecule has 1 aliphatic rings. The molecular weight excluding hydrogens is 376 g/mol. The summed E-state index contributed by atoms with van der Waals surface area (Å²) in [5.41, 5.74) is -1.12. The van der Waals surface area contributed by atoms with Crippen LogP contribution in [0.1, 0.15) is 26.3 Å². The van der Waals surface area contributed by atoms with Crippen molar-refractivity contribution in [2.45, 2.75) is 37.4 Å². The molecule has 0 saturated carbocycles. The minimum absolute atomic E-state index is 0.0127. The first-order valence-electron chi connectivity index (χ1n) is 7.94. The van der Waals surface area contributed by atoms with E-state index in [1.807, 2.05) is 0 Å². The molecule has 1 unspecified atom stereocenters. The zero-order chi connectivity index (χ0) is 19.7. The predicted octanol–water partition coefficient (Wildman–Crippen LogP) is 2.36. The van der Waals surface area contributed by atoms with Gasteiger partial charge in [-0.2, -0.15) is 0 Å². The Bertz CT molecular complexity index is 919. The number of benzene rings is 1. The van der Waals surface area contributed by atoms with Gasteiger partial charge in [0.2, 0.25) is 10.0 Å². The van der Waals surface area contributed by atoms with Gasteiger partial charge >= 0.3 is 0 Å². The third kappa shape index (κ3) is 3.61. The normalized spacial score (nSPS) is 23.7. The van der Waals surface area contributed by atoms with Crippen LogP contribution in [0.2, 0.25) is 5.02 Å². The van der Waals surface area contributed by atoms with Gasteiger partial charge < -0.3 is 10.4 Å². The molecule has 0 aliphatic carbocycles. The van der Waals surface area contributed by atoms with E-state index >= 15 is 0 Å². The van der Waals surface area contributed by atoms with Crippen molar-refractivity contribution >= 4 is 27.5 Å². The van der Waals surface area contributed by atoms with Crippen molar-refractivity contribution in [3.8, 4) is 0 Å². The summed E-state index contributed by atoms with van der Waals surface area (Å²) in [5, 5.41) is 13.6. The molecule has 140 valence electrons. The van der Waals surface area contributed by atoms with Crippen LogP contribution in [-0.4, -0.2) is 25.5 Å². The maximum absolute atomic E-state index is 12.5. The number of amides is 1. The first-order valence-corrected chi connectivity index (χ1v) is 9.80. The van der Waals surface area contributed by atoms with Crippen LogP contribution in [-0.2, 0) is 20.5 Å². The van der Waals surface area contributed by atoms with Gasteiger partial charge in [-0.3, -0.25) is 4.79 Å². The molecule has 2 rings (SSSR count). The maximum atomic E-state index is 12.5. The number of hydrogen-bond acceptors (Lipinski definition) is 4. The van der Waals surface area contributed by atoms with Gasteiger partial charge in [0.1, 0.15) is 4.90 Å². The van der Waals surface area contributed by atoms with E-state index in [0.717, 1.165) is 0 Å². The maximum Gasteiger partial charge on any atom is 0.254 e. The van der Waals surface area contributed by atoms with Crippen molar-refractivity contribution in [2.24, 2.45) is 0 Å². The van der Waals surface area contributed by atoms with Crippen molar-refractivity contribution in [3.05, 3.63) is 64.7 Å². The van der Waals surface area contributed by atoms with Crippen molar-refractivity contribution in [1.82, 2.24) is 10.0 Å². The van der Waals surface area contributed by atoms with E-state index in [-0.39, 0.29) is 27.1 Å². The smallest absolute Gasteiger partial charge is 0.254 e. The van der Waals surface area contributed by atoms with Gasteiger partial charge in [0.15, 0.2) is 5.72 Å². The van der Waals surface area contributed by atoms with Crippen LogP contribution in [0.25, 0.3) is 0 Å². The fraction of sp³-hybridized carbons (Fsp3) is 0.278. The van der Waals surface area contributed by atoms with Gasteiger partial charge in [-0.15, -0.1) is 0 Å². The van der Waals surface area contributed by atoms with E-state index in [2.05, 4.69) is 16.6 Å². The molecular formula is C18H21ClN2O4S. The molecule has 0 aromatic heterocycles. The molecule has 1 fully saturated rings. The van der Waals surface area contributed by atoms with Crippen LogP contribution >= 0.6 is 11.6 Å². The van der Waals surface area contributed by atoms with E-state index in [1.54, 1.807) is 26.8 Å². The predicted molar refractivity (Wildman–Crippen MR) is 101 cm³/mol. The Morgan fingerprint density at radius 2 is 2.04 bits per heavy atom. The minimum atomic E-state index is -3.89. The van der Waals surface area contributed by atoms with Gasteiger partial charge in [-0.25, -0.2) is 13.1 Å². The number of sulfonamides is 1. The Kier molecular flexibility index (Phi) is 5.77. The number of allylic oxidation sites excluding steroid dienone is 3. The average molecular weight is 397 g/mol. The molecule has 1 aromatic rings. The Morgan fingerprint density at radius 1 is 1.38 bits per heavy atom. The Labute approximate surface area is 158 Å². The molecule has 26 heavy (non-hydrogen) atoms. The third-order valence-electron chi connectivity index (χ3n) is 3.82. The molecule has 0 spiro atoms. The van der Waals surface area contributed by atoms with Gasteiger partial charge in [-0.1, -0.05) is 36.4 Å². The highest BCUT2D eigenvalue weighted by molar-refractivity contribution is 7.89. The highest BCUT2D eigenvalue weighted by Crippen LogP contribution is 2.39. The second-order valence-corrected chi connectivity index (χ2v) is 8.19. The molecule has 1 amide bonds. The molecule has 1 aromatic carbocycles. The van der Waals surface area contributed by atoms with Crippen LogP contribution in [0.15, 0.2) is 59.0 Å². The zero-order valence-electron chi connectivity index (χ0n) is 14.7. The molecule has 1 saturated heterocycles. The number of halogens is 1. The topological polar surface area (TPSA) is 95.5 Å². The lowest BCUT2D eigenvalue weighted by atomic mass is 9.93. The van der Waals surface area contributed by atoms with Gasteiger partial charge in [-0.05, 0) is 39.0 Å². The second-order valence-electron chi connectivity index (χ2n) is 6.10.